The van der Waals surface area contributed by atoms with Gasteiger partial charge in [0.05, 0.1) is 13.2 Å². The van der Waals surface area contributed by atoms with E-state index in [1.165, 1.54) is 22.3 Å². The molecule has 0 aliphatic carbocycles. The molecule has 2 heterocycles. The van der Waals surface area contributed by atoms with E-state index in [0.717, 1.165) is 36.6 Å². The van der Waals surface area contributed by atoms with Crippen LogP contribution >= 0.6 is 0 Å². The highest BCUT2D eigenvalue weighted by molar-refractivity contribution is 5.54. The number of fused-ring (bicyclic) bond motifs is 2. The van der Waals surface area contributed by atoms with Crippen LogP contribution in [-0.2, 0) is 12.8 Å². The zero-order valence-electron chi connectivity index (χ0n) is 13.5. The minimum absolute atomic E-state index is 0.120. The van der Waals surface area contributed by atoms with Crippen molar-refractivity contribution in [2.45, 2.75) is 25.8 Å². The van der Waals surface area contributed by atoms with Gasteiger partial charge in [-0.05, 0) is 47.7 Å². The first-order valence-corrected chi connectivity index (χ1v) is 8.12. The van der Waals surface area contributed by atoms with Gasteiger partial charge in [-0.2, -0.15) is 0 Å². The molecule has 0 amide bonds. The van der Waals surface area contributed by atoms with Gasteiger partial charge in [-0.1, -0.05) is 19.1 Å². The summed E-state index contributed by atoms with van der Waals surface area (Å²) >= 11 is 0. The number of rotatable bonds is 3. The Bertz CT molecular complexity index is 742. The molecule has 23 heavy (non-hydrogen) atoms. The van der Waals surface area contributed by atoms with E-state index >= 15 is 0 Å². The van der Waals surface area contributed by atoms with Crippen molar-refractivity contribution < 1.29 is 14.2 Å². The molecule has 0 saturated carbocycles. The van der Waals surface area contributed by atoms with Crippen LogP contribution in [0.1, 0.15) is 35.2 Å². The molecule has 0 radical (unpaired) electrons. The second-order valence-corrected chi connectivity index (χ2v) is 5.97. The molecule has 0 spiro atoms. The van der Waals surface area contributed by atoms with Crippen LogP contribution in [-0.4, -0.2) is 20.4 Å². The highest BCUT2D eigenvalue weighted by Crippen LogP contribution is 2.41. The number of nitrogens with one attached hydrogen (secondary N) is 1. The molecule has 0 aromatic heterocycles. The summed E-state index contributed by atoms with van der Waals surface area (Å²) in [5.41, 5.74) is 5.08. The van der Waals surface area contributed by atoms with E-state index in [4.69, 9.17) is 14.2 Å². The Morgan fingerprint density at radius 1 is 1.13 bits per heavy atom. The largest absolute Gasteiger partial charge is 0.496 e. The first-order valence-electron chi connectivity index (χ1n) is 8.12. The van der Waals surface area contributed by atoms with Gasteiger partial charge in [0.2, 0.25) is 6.79 Å². The lowest BCUT2D eigenvalue weighted by molar-refractivity contribution is 0.174. The number of aryl methyl sites for hydroxylation is 1. The molecule has 1 atom stereocenters. The molecule has 0 bridgehead atoms. The van der Waals surface area contributed by atoms with E-state index in [-0.39, 0.29) is 6.04 Å². The van der Waals surface area contributed by atoms with Crippen molar-refractivity contribution in [3.63, 3.8) is 0 Å². The van der Waals surface area contributed by atoms with Gasteiger partial charge in [0.25, 0.3) is 0 Å². The summed E-state index contributed by atoms with van der Waals surface area (Å²) in [5.74, 6) is 2.62. The van der Waals surface area contributed by atoms with Crippen molar-refractivity contribution in [2.24, 2.45) is 0 Å². The minimum atomic E-state index is 0.120. The van der Waals surface area contributed by atoms with Gasteiger partial charge < -0.3 is 19.5 Å². The van der Waals surface area contributed by atoms with Gasteiger partial charge in [0.15, 0.2) is 11.5 Å². The first-order chi connectivity index (χ1) is 11.3. The molecule has 0 saturated heterocycles. The van der Waals surface area contributed by atoms with E-state index in [9.17, 15) is 0 Å². The molecule has 2 aromatic rings. The normalized spacial score (nSPS) is 18.6. The molecule has 4 nitrogen and oxygen atoms in total. The topological polar surface area (TPSA) is 39.7 Å². The summed E-state index contributed by atoms with van der Waals surface area (Å²) in [6.45, 7) is 3.42. The van der Waals surface area contributed by atoms with Crippen LogP contribution in [0.25, 0.3) is 0 Å². The van der Waals surface area contributed by atoms with E-state index in [1.54, 1.807) is 7.11 Å². The van der Waals surface area contributed by atoms with Crippen LogP contribution < -0.4 is 19.5 Å². The lowest BCUT2D eigenvalue weighted by Crippen LogP contribution is -2.30. The summed E-state index contributed by atoms with van der Waals surface area (Å²) in [5, 5.41) is 3.63. The third kappa shape index (κ3) is 2.43. The second-order valence-electron chi connectivity index (χ2n) is 5.97. The molecule has 1 unspecified atom stereocenters. The molecule has 2 aliphatic rings. The number of hydrogen-bond donors (Lipinski definition) is 1. The third-order valence-corrected chi connectivity index (χ3v) is 4.70. The molecule has 1 N–H and O–H groups in total. The van der Waals surface area contributed by atoms with Gasteiger partial charge in [-0.25, -0.2) is 0 Å². The van der Waals surface area contributed by atoms with E-state index in [1.807, 2.05) is 0 Å². The first kappa shape index (κ1) is 14.4. The van der Waals surface area contributed by atoms with Gasteiger partial charge in [0.1, 0.15) is 5.75 Å². The van der Waals surface area contributed by atoms with Crippen molar-refractivity contribution in [1.82, 2.24) is 5.32 Å². The highest BCUT2D eigenvalue weighted by Gasteiger charge is 2.27. The van der Waals surface area contributed by atoms with Crippen LogP contribution in [0.4, 0.5) is 0 Å². The zero-order valence-corrected chi connectivity index (χ0v) is 13.5. The molecule has 4 heteroatoms. The van der Waals surface area contributed by atoms with Gasteiger partial charge in [0, 0.05) is 12.1 Å². The SMILES string of the molecule is CCc1ccc(OC)c(C2NCCc3cc4c(cc32)OCO4)c1. The zero-order chi connectivity index (χ0) is 15.8. The maximum Gasteiger partial charge on any atom is 0.231 e. The Kier molecular flexibility index (Phi) is 3.62. The van der Waals surface area contributed by atoms with E-state index in [2.05, 4.69) is 42.6 Å². The highest BCUT2D eigenvalue weighted by atomic mass is 16.7. The smallest absolute Gasteiger partial charge is 0.231 e. The fraction of sp³-hybridized carbons (Fsp3) is 0.368. The van der Waals surface area contributed by atoms with Crippen molar-refractivity contribution in [1.29, 1.82) is 0 Å². The summed E-state index contributed by atoms with van der Waals surface area (Å²) in [6.07, 6.45) is 2.01. The number of benzene rings is 2. The van der Waals surface area contributed by atoms with Crippen LogP contribution in [0.3, 0.4) is 0 Å². The Balaban J connectivity index is 1.83. The quantitative estimate of drug-likeness (QED) is 0.945. The van der Waals surface area contributed by atoms with Crippen LogP contribution in [0, 0.1) is 0 Å². The Labute approximate surface area is 136 Å². The molecule has 2 aliphatic heterocycles. The molecule has 4 rings (SSSR count). The molecule has 2 aromatic carbocycles. The van der Waals surface area contributed by atoms with E-state index < -0.39 is 0 Å². The van der Waals surface area contributed by atoms with Crippen molar-refractivity contribution in [3.05, 3.63) is 52.6 Å². The average molecular weight is 311 g/mol. The van der Waals surface area contributed by atoms with Gasteiger partial charge in [-0.15, -0.1) is 0 Å². The lowest BCUT2D eigenvalue weighted by atomic mass is 9.88. The predicted molar refractivity (Wildman–Crippen MR) is 88.5 cm³/mol. The summed E-state index contributed by atoms with van der Waals surface area (Å²) < 4.78 is 16.7. The monoisotopic (exact) mass is 311 g/mol. The third-order valence-electron chi connectivity index (χ3n) is 4.70. The van der Waals surface area contributed by atoms with Gasteiger partial charge in [-0.3, -0.25) is 0 Å². The maximum absolute atomic E-state index is 5.61. The van der Waals surface area contributed by atoms with Crippen LogP contribution in [0.5, 0.6) is 17.2 Å². The minimum Gasteiger partial charge on any atom is -0.496 e. The molecular weight excluding hydrogens is 290 g/mol. The second kappa shape index (κ2) is 5.78. The van der Waals surface area contributed by atoms with Crippen LogP contribution in [0.2, 0.25) is 0 Å². The van der Waals surface area contributed by atoms with Gasteiger partial charge >= 0.3 is 0 Å². The summed E-state index contributed by atoms with van der Waals surface area (Å²) in [6, 6.07) is 10.8. The average Bonchev–Trinajstić information content (AvgIpc) is 3.06. The predicted octanol–water partition coefficient (Wildman–Crippen LogP) is 3.22. The molecule has 0 fully saturated rings. The van der Waals surface area contributed by atoms with Crippen molar-refractivity contribution in [2.75, 3.05) is 20.4 Å². The van der Waals surface area contributed by atoms with Crippen LogP contribution in [0.15, 0.2) is 30.3 Å². The maximum atomic E-state index is 5.61. The standard InChI is InChI=1S/C19H21NO3/c1-3-12-4-5-16(21-2)15(8-12)19-14-10-18-17(22-11-23-18)9-13(14)6-7-20-19/h4-5,8-10,19-20H,3,6-7,11H2,1-2H3. The lowest BCUT2D eigenvalue weighted by Gasteiger charge is -2.29. The summed E-state index contributed by atoms with van der Waals surface area (Å²) in [7, 11) is 1.73. The number of hydrogen-bond acceptors (Lipinski definition) is 4. The summed E-state index contributed by atoms with van der Waals surface area (Å²) in [4.78, 5) is 0. The van der Waals surface area contributed by atoms with E-state index in [0.29, 0.717) is 6.79 Å². The fourth-order valence-corrected chi connectivity index (χ4v) is 3.45. The van der Waals surface area contributed by atoms with Crippen molar-refractivity contribution in [3.8, 4) is 17.2 Å². The fourth-order valence-electron chi connectivity index (χ4n) is 3.45. The van der Waals surface area contributed by atoms with Crippen molar-refractivity contribution >= 4 is 0 Å². The Hall–Kier alpha value is -2.20. The number of methoxy groups -OCH3 is 1. The molecule has 120 valence electrons. The number of ether oxygens (including phenoxy) is 3. The Morgan fingerprint density at radius 2 is 1.96 bits per heavy atom. The molecular formula is C19H21NO3. The Morgan fingerprint density at radius 3 is 2.74 bits per heavy atom.